The fourth-order valence-electron chi connectivity index (χ4n) is 1.60. The minimum atomic E-state index is -3.82. The summed E-state index contributed by atoms with van der Waals surface area (Å²) in [5, 5.41) is 3.07. The maximum atomic E-state index is 13.4. The fourth-order valence-corrected chi connectivity index (χ4v) is 2.68. The van der Waals surface area contributed by atoms with Gasteiger partial charge in [-0.2, -0.15) is 0 Å². The molecule has 0 saturated carbocycles. The molecule has 0 aromatic carbocycles. The third-order valence-electron chi connectivity index (χ3n) is 2.61. The van der Waals surface area contributed by atoms with E-state index in [4.69, 9.17) is 0 Å². The summed E-state index contributed by atoms with van der Waals surface area (Å²) in [6, 6.07) is 2.77. The van der Waals surface area contributed by atoms with Crippen LogP contribution < -0.4 is 10.0 Å². The molecule has 2 rings (SSSR count). The van der Waals surface area contributed by atoms with E-state index in [0.717, 1.165) is 18.4 Å². The van der Waals surface area contributed by atoms with E-state index in [1.807, 2.05) is 6.92 Å². The van der Waals surface area contributed by atoms with Crippen molar-refractivity contribution in [1.82, 2.24) is 15.3 Å². The first-order chi connectivity index (χ1) is 9.53. The van der Waals surface area contributed by atoms with Crippen LogP contribution in [0.1, 0.15) is 12.6 Å². The molecule has 0 aliphatic rings. The van der Waals surface area contributed by atoms with Crippen LogP contribution in [0.2, 0.25) is 0 Å². The molecule has 0 aliphatic heterocycles. The highest BCUT2D eigenvalue weighted by atomic mass is 32.2. The summed E-state index contributed by atoms with van der Waals surface area (Å²) in [6.07, 6.45) is 3.63. The molecule has 20 heavy (non-hydrogen) atoms. The average Bonchev–Trinajstić information content (AvgIpc) is 2.88. The monoisotopic (exact) mass is 298 g/mol. The molecule has 0 saturated heterocycles. The smallest absolute Gasteiger partial charge is 0.263 e. The summed E-state index contributed by atoms with van der Waals surface area (Å²) in [7, 11) is -3.82. The number of rotatable bonds is 6. The van der Waals surface area contributed by atoms with Crippen molar-refractivity contribution < 1.29 is 12.8 Å². The number of anilines is 1. The number of halogens is 1. The molecule has 0 fully saturated rings. The topological polar surface area (TPSA) is 86.9 Å². The number of pyridine rings is 1. The van der Waals surface area contributed by atoms with Crippen molar-refractivity contribution in [3.63, 3.8) is 0 Å². The quantitative estimate of drug-likeness (QED) is 0.753. The second-order valence-electron chi connectivity index (χ2n) is 4.10. The lowest BCUT2D eigenvalue weighted by Crippen LogP contribution is -2.14. The Hall–Kier alpha value is -1.93. The van der Waals surface area contributed by atoms with E-state index in [-0.39, 0.29) is 10.6 Å². The molecule has 0 aliphatic carbocycles. The molecule has 6 nitrogen and oxygen atoms in total. The van der Waals surface area contributed by atoms with Crippen molar-refractivity contribution in [3.8, 4) is 0 Å². The van der Waals surface area contributed by atoms with E-state index < -0.39 is 15.8 Å². The van der Waals surface area contributed by atoms with E-state index in [0.29, 0.717) is 6.54 Å². The Bertz CT molecular complexity index is 684. The number of hydrogen-bond donors (Lipinski definition) is 3. The van der Waals surface area contributed by atoms with Crippen molar-refractivity contribution in [3.05, 3.63) is 42.2 Å². The van der Waals surface area contributed by atoms with Crippen LogP contribution in [-0.2, 0) is 16.6 Å². The largest absolute Gasteiger partial charge is 0.363 e. The van der Waals surface area contributed by atoms with Crippen LogP contribution in [-0.4, -0.2) is 24.9 Å². The van der Waals surface area contributed by atoms with E-state index in [2.05, 4.69) is 20.0 Å². The van der Waals surface area contributed by atoms with Gasteiger partial charge in [-0.1, -0.05) is 6.92 Å². The van der Waals surface area contributed by atoms with Crippen molar-refractivity contribution >= 4 is 15.7 Å². The Morgan fingerprint density at radius 3 is 2.95 bits per heavy atom. The molecular formula is C12H15FN4O2S. The van der Waals surface area contributed by atoms with E-state index in [9.17, 15) is 12.8 Å². The Labute approximate surface area is 116 Å². The Morgan fingerprint density at radius 1 is 1.45 bits per heavy atom. The summed E-state index contributed by atoms with van der Waals surface area (Å²) in [4.78, 5) is 6.48. The first-order valence-electron chi connectivity index (χ1n) is 6.03. The van der Waals surface area contributed by atoms with Gasteiger partial charge in [0.1, 0.15) is 4.90 Å². The first kappa shape index (κ1) is 14.5. The molecule has 0 unspecified atom stereocenters. The standard InChI is InChI=1S/C12H15FN4O2S/c1-2-14-6-9-5-10(7-16-9)20(18,19)17-12-3-4-15-8-11(12)13/h3-5,7-8,14,16H,2,6H2,1H3,(H,15,17). The summed E-state index contributed by atoms with van der Waals surface area (Å²) in [6.45, 7) is 3.27. The third-order valence-corrected chi connectivity index (χ3v) is 3.95. The first-order valence-corrected chi connectivity index (χ1v) is 7.51. The minimum Gasteiger partial charge on any atom is -0.363 e. The molecule has 108 valence electrons. The van der Waals surface area contributed by atoms with Crippen LogP contribution >= 0.6 is 0 Å². The van der Waals surface area contributed by atoms with E-state index in [1.54, 1.807) is 0 Å². The summed E-state index contributed by atoms with van der Waals surface area (Å²) in [5.74, 6) is -0.723. The number of H-pyrrole nitrogens is 1. The van der Waals surface area contributed by atoms with Crippen molar-refractivity contribution in [2.45, 2.75) is 18.4 Å². The van der Waals surface area contributed by atoms with Crippen LogP contribution in [0.4, 0.5) is 10.1 Å². The van der Waals surface area contributed by atoms with Gasteiger partial charge in [-0.3, -0.25) is 9.71 Å². The van der Waals surface area contributed by atoms with Gasteiger partial charge in [0.05, 0.1) is 11.9 Å². The van der Waals surface area contributed by atoms with Gasteiger partial charge in [-0.15, -0.1) is 0 Å². The highest BCUT2D eigenvalue weighted by molar-refractivity contribution is 7.92. The highest BCUT2D eigenvalue weighted by Crippen LogP contribution is 2.18. The normalized spacial score (nSPS) is 11.5. The fraction of sp³-hybridized carbons (Fsp3) is 0.250. The van der Waals surface area contributed by atoms with Gasteiger partial charge >= 0.3 is 0 Å². The maximum absolute atomic E-state index is 13.4. The van der Waals surface area contributed by atoms with Gasteiger partial charge in [-0.05, 0) is 18.7 Å². The van der Waals surface area contributed by atoms with Gasteiger partial charge in [0.15, 0.2) is 5.82 Å². The lowest BCUT2D eigenvalue weighted by molar-refractivity contribution is 0.598. The van der Waals surface area contributed by atoms with Crippen LogP contribution in [0.25, 0.3) is 0 Å². The van der Waals surface area contributed by atoms with Gasteiger partial charge < -0.3 is 10.3 Å². The number of nitrogens with one attached hydrogen (secondary N) is 3. The average molecular weight is 298 g/mol. The number of aromatic nitrogens is 2. The van der Waals surface area contributed by atoms with Crippen LogP contribution in [0.5, 0.6) is 0 Å². The number of aromatic amines is 1. The molecule has 0 atom stereocenters. The molecule has 0 radical (unpaired) electrons. The zero-order valence-corrected chi connectivity index (χ0v) is 11.7. The molecule has 2 aromatic rings. The Kier molecular flexibility index (Phi) is 4.35. The molecule has 0 spiro atoms. The van der Waals surface area contributed by atoms with Gasteiger partial charge in [-0.25, -0.2) is 12.8 Å². The molecule has 8 heteroatoms. The second kappa shape index (κ2) is 6.02. The number of sulfonamides is 1. The molecule has 0 amide bonds. The molecule has 3 N–H and O–H groups in total. The third kappa shape index (κ3) is 3.34. The van der Waals surface area contributed by atoms with E-state index in [1.165, 1.54) is 24.5 Å². The van der Waals surface area contributed by atoms with E-state index >= 15 is 0 Å². The highest BCUT2D eigenvalue weighted by Gasteiger charge is 2.17. The summed E-state index contributed by atoms with van der Waals surface area (Å²) in [5.41, 5.74) is 0.608. The van der Waals surface area contributed by atoms with Gasteiger partial charge in [0, 0.05) is 24.6 Å². The van der Waals surface area contributed by atoms with Crippen molar-refractivity contribution in [2.24, 2.45) is 0 Å². The Balaban J connectivity index is 2.18. The van der Waals surface area contributed by atoms with Crippen LogP contribution in [0, 0.1) is 5.82 Å². The molecule has 2 aromatic heterocycles. The molecule has 0 bridgehead atoms. The summed E-state index contributed by atoms with van der Waals surface area (Å²) < 4.78 is 39.8. The minimum absolute atomic E-state index is 0.0571. The van der Waals surface area contributed by atoms with Crippen molar-refractivity contribution in [1.29, 1.82) is 0 Å². The van der Waals surface area contributed by atoms with Gasteiger partial charge in [0.2, 0.25) is 0 Å². The molecular weight excluding hydrogens is 283 g/mol. The van der Waals surface area contributed by atoms with Crippen molar-refractivity contribution in [2.75, 3.05) is 11.3 Å². The zero-order valence-electron chi connectivity index (χ0n) is 10.9. The van der Waals surface area contributed by atoms with Crippen LogP contribution in [0.15, 0.2) is 35.6 Å². The predicted molar refractivity (Wildman–Crippen MR) is 73.2 cm³/mol. The SMILES string of the molecule is CCNCc1cc(S(=O)(=O)Nc2ccncc2F)c[nH]1. The molecule has 2 heterocycles. The maximum Gasteiger partial charge on any atom is 0.263 e. The Morgan fingerprint density at radius 2 is 2.25 bits per heavy atom. The van der Waals surface area contributed by atoms with Crippen LogP contribution in [0.3, 0.4) is 0 Å². The lowest BCUT2D eigenvalue weighted by Gasteiger charge is -2.06. The number of nitrogens with zero attached hydrogens (tertiary/aromatic N) is 1. The van der Waals surface area contributed by atoms with Gasteiger partial charge in [0.25, 0.3) is 10.0 Å². The number of hydrogen-bond acceptors (Lipinski definition) is 4. The zero-order chi connectivity index (χ0) is 14.6. The lowest BCUT2D eigenvalue weighted by atomic mass is 10.4. The second-order valence-corrected chi connectivity index (χ2v) is 5.78. The summed E-state index contributed by atoms with van der Waals surface area (Å²) >= 11 is 0. The predicted octanol–water partition coefficient (Wildman–Crippen LogP) is 1.46.